The highest BCUT2D eigenvalue weighted by molar-refractivity contribution is 7.99. The molecule has 1 heterocycles. The highest BCUT2D eigenvalue weighted by atomic mass is 35.5. The predicted molar refractivity (Wildman–Crippen MR) is 136 cm³/mol. The van der Waals surface area contributed by atoms with Gasteiger partial charge < -0.3 is 5.32 Å². The molecule has 0 saturated heterocycles. The van der Waals surface area contributed by atoms with Gasteiger partial charge in [-0.05, 0) is 48.7 Å². The summed E-state index contributed by atoms with van der Waals surface area (Å²) >= 11 is 7.80. The zero-order valence-electron chi connectivity index (χ0n) is 18.7. The minimum atomic E-state index is -0.0918. The molecular weight excluding hydrogens is 452 g/mol. The van der Waals surface area contributed by atoms with Gasteiger partial charge in [-0.2, -0.15) is 0 Å². The van der Waals surface area contributed by atoms with E-state index < -0.39 is 0 Å². The number of nitrogens with one attached hydrogen (secondary N) is 1. The number of thioether (sulfide) groups is 1. The molecule has 0 radical (unpaired) electrons. The van der Waals surface area contributed by atoms with Crippen LogP contribution < -0.4 is 5.32 Å². The standard InChI is InChI=1S/C26H25ClN4OS/c1-17(2)20-8-5-7-11-23(20)28-24(32)16-33-26-30-29-25(21-9-4-6-10-22(21)27)31(26)19-14-12-18(3)13-15-19/h4-15,17H,16H2,1-3H3,(H,28,32). The van der Waals surface area contributed by atoms with E-state index in [0.29, 0.717) is 21.9 Å². The predicted octanol–water partition coefficient (Wildman–Crippen LogP) is 6.75. The van der Waals surface area contributed by atoms with Gasteiger partial charge in [-0.3, -0.25) is 9.36 Å². The fourth-order valence-corrected chi connectivity index (χ4v) is 4.51. The van der Waals surface area contributed by atoms with Crippen LogP contribution in [0.15, 0.2) is 78.0 Å². The van der Waals surface area contributed by atoms with Crippen LogP contribution in [0.25, 0.3) is 17.1 Å². The van der Waals surface area contributed by atoms with Crippen LogP contribution in [0.3, 0.4) is 0 Å². The maximum atomic E-state index is 12.8. The summed E-state index contributed by atoms with van der Waals surface area (Å²) in [4.78, 5) is 12.8. The zero-order valence-corrected chi connectivity index (χ0v) is 20.3. The lowest BCUT2D eigenvalue weighted by atomic mass is 10.0. The van der Waals surface area contributed by atoms with Crippen LogP contribution in [0.5, 0.6) is 0 Å². The van der Waals surface area contributed by atoms with Crippen molar-refractivity contribution in [3.05, 3.63) is 88.9 Å². The average molecular weight is 477 g/mol. The molecule has 3 aromatic carbocycles. The largest absolute Gasteiger partial charge is 0.325 e. The number of carbonyl (C=O) groups is 1. The van der Waals surface area contributed by atoms with Crippen molar-refractivity contribution < 1.29 is 4.79 Å². The molecule has 0 saturated carbocycles. The number of amides is 1. The molecule has 0 spiro atoms. The Kier molecular flexibility index (Phi) is 7.16. The van der Waals surface area contributed by atoms with Gasteiger partial charge in [0.05, 0.1) is 10.8 Å². The summed E-state index contributed by atoms with van der Waals surface area (Å²) < 4.78 is 1.95. The number of benzene rings is 3. The lowest BCUT2D eigenvalue weighted by Crippen LogP contribution is -2.16. The van der Waals surface area contributed by atoms with Crippen molar-refractivity contribution in [3.8, 4) is 17.1 Å². The van der Waals surface area contributed by atoms with E-state index in [1.807, 2.05) is 84.3 Å². The quantitative estimate of drug-likeness (QED) is 0.300. The Bertz CT molecular complexity index is 1270. The Hall–Kier alpha value is -3.09. The van der Waals surface area contributed by atoms with E-state index in [-0.39, 0.29) is 11.7 Å². The number of hydrogen-bond acceptors (Lipinski definition) is 4. The van der Waals surface area contributed by atoms with E-state index in [9.17, 15) is 4.79 Å². The number of hydrogen-bond donors (Lipinski definition) is 1. The molecule has 0 fully saturated rings. The Balaban J connectivity index is 1.61. The second kappa shape index (κ2) is 10.2. The van der Waals surface area contributed by atoms with E-state index in [1.165, 1.54) is 11.8 Å². The van der Waals surface area contributed by atoms with Crippen molar-refractivity contribution in [1.82, 2.24) is 14.8 Å². The normalized spacial score (nSPS) is 11.1. The van der Waals surface area contributed by atoms with E-state index in [4.69, 9.17) is 11.6 Å². The van der Waals surface area contributed by atoms with Crippen LogP contribution in [0.2, 0.25) is 5.02 Å². The summed E-state index contributed by atoms with van der Waals surface area (Å²) in [6.07, 6.45) is 0. The molecule has 33 heavy (non-hydrogen) atoms. The molecule has 0 aliphatic rings. The maximum Gasteiger partial charge on any atom is 0.234 e. The Morgan fingerprint density at radius 2 is 1.70 bits per heavy atom. The number of carbonyl (C=O) groups excluding carboxylic acids is 1. The van der Waals surface area contributed by atoms with Crippen molar-refractivity contribution >= 4 is 35.0 Å². The fourth-order valence-electron chi connectivity index (χ4n) is 3.54. The first kappa shape index (κ1) is 23.1. The first-order chi connectivity index (χ1) is 15.9. The molecule has 7 heteroatoms. The first-order valence-electron chi connectivity index (χ1n) is 10.7. The first-order valence-corrected chi connectivity index (χ1v) is 12.1. The molecule has 168 valence electrons. The molecule has 5 nitrogen and oxygen atoms in total. The minimum absolute atomic E-state index is 0.0918. The van der Waals surface area contributed by atoms with E-state index in [0.717, 1.165) is 28.1 Å². The lowest BCUT2D eigenvalue weighted by Gasteiger charge is -2.14. The molecule has 1 N–H and O–H groups in total. The molecule has 0 unspecified atom stereocenters. The second-order valence-electron chi connectivity index (χ2n) is 8.04. The molecule has 4 rings (SSSR count). The molecule has 0 bridgehead atoms. The topological polar surface area (TPSA) is 59.8 Å². The molecule has 4 aromatic rings. The van der Waals surface area contributed by atoms with Gasteiger partial charge in [0.25, 0.3) is 0 Å². The average Bonchev–Trinajstić information content (AvgIpc) is 3.22. The number of anilines is 1. The van der Waals surface area contributed by atoms with Crippen molar-refractivity contribution in [2.75, 3.05) is 11.1 Å². The van der Waals surface area contributed by atoms with Gasteiger partial charge in [0.15, 0.2) is 11.0 Å². The third-order valence-electron chi connectivity index (χ3n) is 5.23. The van der Waals surface area contributed by atoms with Crippen LogP contribution in [0, 0.1) is 6.92 Å². The maximum absolute atomic E-state index is 12.8. The van der Waals surface area contributed by atoms with Crippen molar-refractivity contribution in [2.45, 2.75) is 31.8 Å². The molecule has 0 atom stereocenters. The highest BCUT2D eigenvalue weighted by Crippen LogP contribution is 2.32. The second-order valence-corrected chi connectivity index (χ2v) is 9.39. The van der Waals surface area contributed by atoms with Gasteiger partial charge in [0.1, 0.15) is 0 Å². The van der Waals surface area contributed by atoms with E-state index in [1.54, 1.807) is 0 Å². The van der Waals surface area contributed by atoms with Crippen LogP contribution in [-0.2, 0) is 4.79 Å². The fraction of sp³-hybridized carbons (Fsp3) is 0.192. The molecule has 1 aromatic heterocycles. The zero-order chi connectivity index (χ0) is 23.4. The van der Waals surface area contributed by atoms with Gasteiger partial charge in [-0.15, -0.1) is 10.2 Å². The molecule has 0 aliphatic heterocycles. The van der Waals surface area contributed by atoms with Gasteiger partial charge in [-0.25, -0.2) is 0 Å². The third kappa shape index (κ3) is 5.29. The van der Waals surface area contributed by atoms with Gasteiger partial charge in [0.2, 0.25) is 5.91 Å². The molecular formula is C26H25ClN4OS. The monoisotopic (exact) mass is 476 g/mol. The lowest BCUT2D eigenvalue weighted by molar-refractivity contribution is -0.113. The van der Waals surface area contributed by atoms with Crippen LogP contribution in [-0.4, -0.2) is 26.4 Å². The Labute approximate surface area is 203 Å². The number of halogens is 1. The number of para-hydroxylation sites is 1. The van der Waals surface area contributed by atoms with Gasteiger partial charge >= 0.3 is 0 Å². The Morgan fingerprint density at radius 1 is 1.00 bits per heavy atom. The van der Waals surface area contributed by atoms with Crippen molar-refractivity contribution in [3.63, 3.8) is 0 Å². The number of rotatable bonds is 7. The number of nitrogens with zero attached hydrogens (tertiary/aromatic N) is 3. The minimum Gasteiger partial charge on any atom is -0.325 e. The van der Waals surface area contributed by atoms with Crippen LogP contribution in [0.1, 0.15) is 30.9 Å². The smallest absolute Gasteiger partial charge is 0.234 e. The summed E-state index contributed by atoms with van der Waals surface area (Å²) in [6, 6.07) is 23.5. The van der Waals surface area contributed by atoms with Crippen LogP contribution >= 0.6 is 23.4 Å². The summed E-state index contributed by atoms with van der Waals surface area (Å²) in [5.74, 6) is 1.07. The summed E-state index contributed by atoms with van der Waals surface area (Å²) in [6.45, 7) is 6.26. The third-order valence-corrected chi connectivity index (χ3v) is 6.49. The summed E-state index contributed by atoms with van der Waals surface area (Å²) in [5.41, 5.74) is 4.81. The summed E-state index contributed by atoms with van der Waals surface area (Å²) in [5, 5.41) is 13.1. The SMILES string of the molecule is Cc1ccc(-n2c(SCC(=O)Nc3ccccc3C(C)C)nnc2-c2ccccc2Cl)cc1. The van der Waals surface area contributed by atoms with Gasteiger partial charge in [0, 0.05) is 16.9 Å². The van der Waals surface area contributed by atoms with E-state index in [2.05, 4.69) is 29.4 Å². The summed E-state index contributed by atoms with van der Waals surface area (Å²) in [7, 11) is 0. The number of aryl methyl sites for hydroxylation is 1. The van der Waals surface area contributed by atoms with Crippen molar-refractivity contribution in [1.29, 1.82) is 0 Å². The number of aromatic nitrogens is 3. The van der Waals surface area contributed by atoms with Gasteiger partial charge in [-0.1, -0.05) is 85.2 Å². The van der Waals surface area contributed by atoms with E-state index >= 15 is 0 Å². The Morgan fingerprint density at radius 3 is 2.42 bits per heavy atom. The van der Waals surface area contributed by atoms with Crippen molar-refractivity contribution in [2.24, 2.45) is 0 Å². The highest BCUT2D eigenvalue weighted by Gasteiger charge is 2.19. The van der Waals surface area contributed by atoms with Crippen LogP contribution in [0.4, 0.5) is 5.69 Å². The molecule has 0 aliphatic carbocycles. The molecule has 1 amide bonds.